The Labute approximate surface area is 169 Å². The van der Waals surface area contributed by atoms with Gasteiger partial charge in [-0.2, -0.15) is 0 Å². The normalized spacial score (nSPS) is 13.1. The lowest BCUT2D eigenvalue weighted by molar-refractivity contribution is -0.309. The number of rotatable bonds is 8. The van der Waals surface area contributed by atoms with Crippen molar-refractivity contribution in [2.45, 2.75) is 32.9 Å². The number of hydrogen-bond donors (Lipinski definition) is 2. The summed E-state index contributed by atoms with van der Waals surface area (Å²) in [5, 5.41) is 16.9. The lowest BCUT2D eigenvalue weighted by Gasteiger charge is -2.25. The highest BCUT2D eigenvalue weighted by Crippen LogP contribution is 2.33. The zero-order chi connectivity index (χ0) is 21.9. The molecular formula is C20H26N3O6-. The number of fused-ring (bicyclic) bond motifs is 1. The first-order chi connectivity index (χ1) is 13.6. The van der Waals surface area contributed by atoms with Crippen molar-refractivity contribution in [1.82, 2.24) is 15.2 Å². The van der Waals surface area contributed by atoms with Crippen molar-refractivity contribution in [3.63, 3.8) is 0 Å². The Bertz CT molecular complexity index is 934. The van der Waals surface area contributed by atoms with Crippen LogP contribution in [0.5, 0.6) is 11.5 Å². The molecule has 2 atom stereocenters. The molecule has 2 aromatic rings. The molecule has 1 aromatic carbocycles. The number of aliphatic carboxylic acids is 1. The molecule has 9 nitrogen and oxygen atoms in total. The van der Waals surface area contributed by atoms with E-state index in [1.165, 1.54) is 21.1 Å². The van der Waals surface area contributed by atoms with Crippen LogP contribution >= 0.6 is 0 Å². The van der Waals surface area contributed by atoms with E-state index >= 15 is 0 Å². The van der Waals surface area contributed by atoms with E-state index in [2.05, 4.69) is 10.6 Å². The summed E-state index contributed by atoms with van der Waals surface area (Å²) < 4.78 is 12.3. The second kappa shape index (κ2) is 8.85. The molecule has 0 radical (unpaired) electrons. The molecule has 2 N–H and O–H groups in total. The summed E-state index contributed by atoms with van der Waals surface area (Å²) in [6.45, 7) is 4.79. The van der Waals surface area contributed by atoms with Crippen LogP contribution in [-0.2, 0) is 16.6 Å². The number of carboxylic acid groups (broad SMARTS) is 1. The first-order valence-corrected chi connectivity index (χ1v) is 9.14. The molecule has 1 aromatic heterocycles. The number of hydrogen-bond acceptors (Lipinski definition) is 6. The molecular weight excluding hydrogens is 378 g/mol. The third kappa shape index (κ3) is 4.61. The van der Waals surface area contributed by atoms with Gasteiger partial charge in [-0.25, -0.2) is 0 Å². The molecule has 0 fully saturated rings. The third-order valence-electron chi connectivity index (χ3n) is 4.75. The van der Waals surface area contributed by atoms with E-state index in [0.29, 0.717) is 17.2 Å². The van der Waals surface area contributed by atoms with Gasteiger partial charge in [-0.3, -0.25) is 9.59 Å². The van der Waals surface area contributed by atoms with Crippen LogP contribution in [0.15, 0.2) is 18.2 Å². The molecule has 0 saturated carbocycles. The molecule has 2 rings (SSSR count). The van der Waals surface area contributed by atoms with Crippen molar-refractivity contribution in [2.24, 2.45) is 13.0 Å². The minimum Gasteiger partial charge on any atom is -0.548 e. The van der Waals surface area contributed by atoms with Crippen LogP contribution in [-0.4, -0.2) is 48.7 Å². The number of carboxylic acids is 1. The molecule has 1 heterocycles. The Morgan fingerprint density at radius 2 is 1.69 bits per heavy atom. The molecule has 0 aliphatic carbocycles. The number of benzene rings is 1. The van der Waals surface area contributed by atoms with Crippen molar-refractivity contribution in [2.75, 3.05) is 14.2 Å². The van der Waals surface area contributed by atoms with Gasteiger partial charge in [-0.15, -0.1) is 0 Å². The van der Waals surface area contributed by atoms with Crippen LogP contribution in [0.4, 0.5) is 0 Å². The average Bonchev–Trinajstić information content (AvgIpc) is 3.01. The zero-order valence-corrected chi connectivity index (χ0v) is 17.4. The first kappa shape index (κ1) is 22.1. The van der Waals surface area contributed by atoms with Crippen LogP contribution in [0.1, 0.15) is 31.3 Å². The van der Waals surface area contributed by atoms with Crippen LogP contribution in [0.2, 0.25) is 0 Å². The molecule has 9 heteroatoms. The molecule has 2 amide bonds. The number of carbonyl (C=O) groups excluding carboxylic acids is 3. The Morgan fingerprint density at radius 3 is 2.21 bits per heavy atom. The highest BCUT2D eigenvalue weighted by molar-refractivity contribution is 6.02. The van der Waals surface area contributed by atoms with Gasteiger partial charge in [0.2, 0.25) is 5.91 Å². The summed E-state index contributed by atoms with van der Waals surface area (Å²) in [4.78, 5) is 36.2. The number of amides is 2. The second-order valence-corrected chi connectivity index (χ2v) is 7.10. The maximum atomic E-state index is 12.7. The van der Waals surface area contributed by atoms with E-state index in [4.69, 9.17) is 9.47 Å². The molecule has 158 valence electrons. The summed E-state index contributed by atoms with van der Waals surface area (Å²) in [5.41, 5.74) is 1.03. The number of aromatic nitrogens is 1. The van der Waals surface area contributed by atoms with Gasteiger partial charge in [-0.1, -0.05) is 13.8 Å². The summed E-state index contributed by atoms with van der Waals surface area (Å²) in [6.07, 6.45) is 0. The smallest absolute Gasteiger partial charge is 0.268 e. The topological polar surface area (TPSA) is 122 Å². The monoisotopic (exact) mass is 404 g/mol. The van der Waals surface area contributed by atoms with Crippen molar-refractivity contribution < 1.29 is 29.0 Å². The largest absolute Gasteiger partial charge is 0.548 e. The maximum absolute atomic E-state index is 12.7. The number of nitrogens with one attached hydrogen (secondary N) is 2. The van der Waals surface area contributed by atoms with Crippen LogP contribution in [0.3, 0.4) is 0 Å². The van der Waals surface area contributed by atoms with Gasteiger partial charge in [0.25, 0.3) is 5.91 Å². The van der Waals surface area contributed by atoms with Gasteiger partial charge in [0, 0.05) is 24.6 Å². The number of nitrogens with zero attached hydrogens (tertiary/aromatic N) is 1. The van der Waals surface area contributed by atoms with E-state index < -0.39 is 29.9 Å². The van der Waals surface area contributed by atoms with Gasteiger partial charge >= 0.3 is 0 Å². The summed E-state index contributed by atoms with van der Waals surface area (Å²) in [5.74, 6) is -1.69. The summed E-state index contributed by atoms with van der Waals surface area (Å²) >= 11 is 0. The highest BCUT2D eigenvalue weighted by Gasteiger charge is 2.24. The van der Waals surface area contributed by atoms with Gasteiger partial charge < -0.3 is 34.6 Å². The van der Waals surface area contributed by atoms with Crippen molar-refractivity contribution in [3.8, 4) is 11.5 Å². The van der Waals surface area contributed by atoms with E-state index in [9.17, 15) is 19.5 Å². The van der Waals surface area contributed by atoms with E-state index in [-0.39, 0.29) is 5.92 Å². The predicted octanol–water partition coefficient (Wildman–Crippen LogP) is 0.205. The van der Waals surface area contributed by atoms with Gasteiger partial charge in [0.1, 0.15) is 23.2 Å². The number of ether oxygens (including phenoxy) is 2. The molecule has 0 spiro atoms. The van der Waals surface area contributed by atoms with Gasteiger partial charge in [0.15, 0.2) is 0 Å². The first-order valence-electron chi connectivity index (χ1n) is 9.14. The SMILES string of the molecule is COc1cc(OC)c2cc(C(=O)N[C@@H](C)C(=O)N[C@H](C(=O)[O-])C(C)C)n(C)c2c1. The minimum absolute atomic E-state index is 0.312. The molecule has 0 aliphatic rings. The number of aryl methyl sites for hydroxylation is 1. The fourth-order valence-electron chi connectivity index (χ4n) is 2.99. The Balaban J connectivity index is 2.24. The van der Waals surface area contributed by atoms with Gasteiger partial charge in [-0.05, 0) is 18.9 Å². The van der Waals surface area contributed by atoms with Crippen molar-refractivity contribution in [1.29, 1.82) is 0 Å². The lowest BCUT2D eigenvalue weighted by atomic mass is 10.0. The van der Waals surface area contributed by atoms with E-state index in [0.717, 1.165) is 10.9 Å². The predicted molar refractivity (Wildman–Crippen MR) is 105 cm³/mol. The summed E-state index contributed by atoms with van der Waals surface area (Å²) in [6, 6.07) is 3.06. The number of methoxy groups -OCH3 is 2. The number of carbonyl (C=O) groups is 3. The quantitative estimate of drug-likeness (QED) is 0.648. The zero-order valence-electron chi connectivity index (χ0n) is 17.4. The highest BCUT2D eigenvalue weighted by atomic mass is 16.5. The second-order valence-electron chi connectivity index (χ2n) is 7.10. The summed E-state index contributed by atoms with van der Waals surface area (Å²) in [7, 11) is 4.77. The van der Waals surface area contributed by atoms with Crippen LogP contribution < -0.4 is 25.2 Å². The molecule has 0 bridgehead atoms. The Hall–Kier alpha value is -3.23. The molecule has 0 saturated heterocycles. The fraction of sp³-hybridized carbons (Fsp3) is 0.450. The fourth-order valence-corrected chi connectivity index (χ4v) is 2.99. The maximum Gasteiger partial charge on any atom is 0.268 e. The van der Waals surface area contributed by atoms with Crippen molar-refractivity contribution >= 4 is 28.7 Å². The molecule has 0 unspecified atom stereocenters. The van der Waals surface area contributed by atoms with Crippen molar-refractivity contribution in [3.05, 3.63) is 23.9 Å². The Morgan fingerprint density at radius 1 is 1.03 bits per heavy atom. The average molecular weight is 404 g/mol. The molecule has 29 heavy (non-hydrogen) atoms. The van der Waals surface area contributed by atoms with Gasteiger partial charge in [0.05, 0.1) is 31.7 Å². The molecule has 0 aliphatic heterocycles. The van der Waals surface area contributed by atoms with E-state index in [1.54, 1.807) is 43.7 Å². The van der Waals surface area contributed by atoms with E-state index in [1.807, 2.05) is 0 Å². The standard InChI is InChI=1S/C20H27N3O6/c1-10(2)17(20(26)27)22-18(24)11(3)21-19(25)15-9-13-14(23(15)4)7-12(28-5)8-16(13)29-6/h7-11,17H,1-6H3,(H,21,25)(H,22,24)(H,26,27)/p-1/t11-,17-/m0/s1. The third-order valence-corrected chi connectivity index (χ3v) is 4.75. The van der Waals surface area contributed by atoms with Crippen LogP contribution in [0.25, 0.3) is 10.9 Å². The minimum atomic E-state index is -1.37. The lowest BCUT2D eigenvalue weighted by Crippen LogP contribution is -2.55. The Kier molecular flexibility index (Phi) is 6.73. The van der Waals surface area contributed by atoms with Crippen LogP contribution in [0, 0.1) is 5.92 Å².